The number of hydrogen-bond acceptors (Lipinski definition) is 6. The van der Waals surface area contributed by atoms with Crippen molar-refractivity contribution in [2.75, 3.05) is 51.3 Å². The van der Waals surface area contributed by atoms with Gasteiger partial charge in [-0.25, -0.2) is 13.1 Å². The fourth-order valence-electron chi connectivity index (χ4n) is 3.84. The van der Waals surface area contributed by atoms with Gasteiger partial charge in [-0.1, -0.05) is 23.7 Å². The quantitative estimate of drug-likeness (QED) is 0.746. The number of morpholine rings is 1. The second-order valence-electron chi connectivity index (χ2n) is 7.13. The summed E-state index contributed by atoms with van der Waals surface area (Å²) in [5.41, 5.74) is 3.73. The molecule has 4 rings (SSSR count). The summed E-state index contributed by atoms with van der Waals surface area (Å²) in [5, 5.41) is 0. The van der Waals surface area contributed by atoms with Gasteiger partial charge < -0.3 is 9.64 Å². The highest BCUT2D eigenvalue weighted by Gasteiger charge is 2.27. The molecule has 0 saturated carbocycles. The van der Waals surface area contributed by atoms with Crippen molar-refractivity contribution in [2.45, 2.75) is 16.7 Å². The molecule has 6 nitrogen and oxygen atoms in total. The van der Waals surface area contributed by atoms with Crippen LogP contribution in [0.25, 0.3) is 0 Å². The lowest BCUT2D eigenvalue weighted by molar-refractivity contribution is 0.0172. The lowest BCUT2D eigenvalue weighted by Gasteiger charge is -2.35. The molecule has 1 atom stereocenters. The maximum absolute atomic E-state index is 12.7. The molecule has 0 radical (unpaired) electrons. The van der Waals surface area contributed by atoms with Crippen LogP contribution < -0.4 is 9.62 Å². The molecule has 0 aliphatic carbocycles. The van der Waals surface area contributed by atoms with Crippen molar-refractivity contribution in [2.24, 2.45) is 0 Å². The zero-order valence-corrected chi connectivity index (χ0v) is 18.1. The van der Waals surface area contributed by atoms with E-state index in [0.29, 0.717) is 24.1 Å². The van der Waals surface area contributed by atoms with E-state index >= 15 is 0 Å². The van der Waals surface area contributed by atoms with Gasteiger partial charge in [0.15, 0.2) is 0 Å². The van der Waals surface area contributed by atoms with E-state index in [0.717, 1.165) is 43.0 Å². The van der Waals surface area contributed by atoms with E-state index in [2.05, 4.69) is 39.8 Å². The lowest BCUT2D eigenvalue weighted by atomic mass is 10.0. The SMILES string of the molecule is CN1CCc2cc(C(CNS(=O)(=O)c3ccc(Cl)s3)N3CCOCC3)ccc21. The highest BCUT2D eigenvalue weighted by atomic mass is 35.5. The molecule has 1 aromatic carbocycles. The van der Waals surface area contributed by atoms with E-state index in [4.69, 9.17) is 16.3 Å². The molecular formula is C19H24ClN3O3S2. The average Bonchev–Trinajstić information content (AvgIpc) is 3.29. The van der Waals surface area contributed by atoms with Crippen molar-refractivity contribution in [1.29, 1.82) is 0 Å². The molecule has 28 heavy (non-hydrogen) atoms. The number of ether oxygens (including phenoxy) is 1. The number of nitrogens with one attached hydrogen (secondary N) is 1. The number of rotatable bonds is 6. The van der Waals surface area contributed by atoms with Gasteiger partial charge in [-0.15, -0.1) is 11.3 Å². The molecule has 2 aliphatic rings. The Morgan fingerprint density at radius 2 is 2.00 bits per heavy atom. The van der Waals surface area contributed by atoms with Crippen molar-refractivity contribution >= 4 is 38.6 Å². The first-order valence-corrected chi connectivity index (χ1v) is 12.0. The van der Waals surface area contributed by atoms with Crippen LogP contribution >= 0.6 is 22.9 Å². The summed E-state index contributed by atoms with van der Waals surface area (Å²) in [4.78, 5) is 4.56. The molecule has 1 unspecified atom stereocenters. The van der Waals surface area contributed by atoms with Crippen LogP contribution in [0, 0.1) is 0 Å². The first-order valence-electron chi connectivity index (χ1n) is 9.35. The molecule has 1 aromatic heterocycles. The Morgan fingerprint density at radius 1 is 1.21 bits per heavy atom. The van der Waals surface area contributed by atoms with Gasteiger partial charge in [0.25, 0.3) is 0 Å². The Labute approximate surface area is 175 Å². The summed E-state index contributed by atoms with van der Waals surface area (Å²) in [7, 11) is -1.48. The van der Waals surface area contributed by atoms with Crippen LogP contribution in [0.2, 0.25) is 4.34 Å². The Bertz CT molecular complexity index is 942. The van der Waals surface area contributed by atoms with Gasteiger partial charge in [0.2, 0.25) is 10.0 Å². The maximum atomic E-state index is 12.7. The molecule has 152 valence electrons. The predicted octanol–water partition coefficient (Wildman–Crippen LogP) is 2.75. The van der Waals surface area contributed by atoms with E-state index in [1.165, 1.54) is 11.3 Å². The van der Waals surface area contributed by atoms with Gasteiger partial charge >= 0.3 is 0 Å². The topological polar surface area (TPSA) is 61.9 Å². The highest BCUT2D eigenvalue weighted by Crippen LogP contribution is 2.32. The van der Waals surface area contributed by atoms with Crippen LogP contribution in [0.15, 0.2) is 34.5 Å². The molecule has 0 bridgehead atoms. The summed E-state index contributed by atoms with van der Waals surface area (Å²) in [5.74, 6) is 0. The predicted molar refractivity (Wildman–Crippen MR) is 113 cm³/mol. The maximum Gasteiger partial charge on any atom is 0.250 e. The molecule has 0 amide bonds. The first-order chi connectivity index (χ1) is 13.4. The minimum Gasteiger partial charge on any atom is -0.379 e. The number of likely N-dealkylation sites (N-methyl/N-ethyl adjacent to an activating group) is 1. The zero-order valence-electron chi connectivity index (χ0n) is 15.7. The second kappa shape index (κ2) is 8.30. The summed E-state index contributed by atoms with van der Waals surface area (Å²) in [6.07, 6.45) is 1.02. The number of fused-ring (bicyclic) bond motifs is 1. The van der Waals surface area contributed by atoms with Crippen LogP contribution in [0.3, 0.4) is 0 Å². The summed E-state index contributed by atoms with van der Waals surface area (Å²) < 4.78 is 34.4. The Balaban J connectivity index is 1.57. The minimum atomic E-state index is -3.58. The van der Waals surface area contributed by atoms with Gasteiger partial charge in [0, 0.05) is 45.0 Å². The zero-order chi connectivity index (χ0) is 19.7. The molecule has 2 aliphatic heterocycles. The Hall–Kier alpha value is -1.16. The molecule has 2 aromatic rings. The monoisotopic (exact) mass is 441 g/mol. The number of thiophene rings is 1. The summed E-state index contributed by atoms with van der Waals surface area (Å²) >= 11 is 6.98. The van der Waals surface area contributed by atoms with Gasteiger partial charge in [-0.2, -0.15) is 0 Å². The van der Waals surface area contributed by atoms with Crippen LogP contribution in [0.4, 0.5) is 5.69 Å². The standard InChI is InChI=1S/C19H24ClN3O3S2/c1-22-7-6-15-12-14(2-3-16(15)22)17(23-8-10-26-11-9-23)13-21-28(24,25)19-5-4-18(20)27-19/h2-5,12,17,21H,6-11,13H2,1H3. The van der Waals surface area contributed by atoms with Gasteiger partial charge in [-0.05, 0) is 35.7 Å². The molecule has 1 saturated heterocycles. The third-order valence-electron chi connectivity index (χ3n) is 5.38. The molecular weight excluding hydrogens is 418 g/mol. The fourth-order valence-corrected chi connectivity index (χ4v) is 6.41. The molecule has 1 fully saturated rings. The van der Waals surface area contributed by atoms with Crippen LogP contribution in [0.1, 0.15) is 17.2 Å². The normalized spacial score (nSPS) is 19.0. The number of sulfonamides is 1. The molecule has 9 heteroatoms. The second-order valence-corrected chi connectivity index (χ2v) is 10.8. The van der Waals surface area contributed by atoms with Crippen LogP contribution in [0.5, 0.6) is 0 Å². The largest absolute Gasteiger partial charge is 0.379 e. The minimum absolute atomic E-state index is 0.0367. The first kappa shape index (κ1) is 20.1. The van der Waals surface area contributed by atoms with Crippen LogP contribution in [-0.2, 0) is 21.2 Å². The van der Waals surface area contributed by atoms with Crippen molar-refractivity contribution < 1.29 is 13.2 Å². The van der Waals surface area contributed by atoms with Crippen molar-refractivity contribution in [3.05, 3.63) is 45.8 Å². The average molecular weight is 442 g/mol. The number of halogens is 1. The van der Waals surface area contributed by atoms with E-state index in [-0.39, 0.29) is 10.3 Å². The third-order valence-corrected chi connectivity index (χ3v) is 8.53. The highest BCUT2D eigenvalue weighted by molar-refractivity contribution is 7.91. The van der Waals surface area contributed by atoms with Gasteiger partial charge in [0.1, 0.15) is 4.21 Å². The number of hydrogen-bond donors (Lipinski definition) is 1. The van der Waals surface area contributed by atoms with E-state index in [1.54, 1.807) is 12.1 Å². The van der Waals surface area contributed by atoms with Crippen molar-refractivity contribution in [1.82, 2.24) is 9.62 Å². The Morgan fingerprint density at radius 3 is 2.71 bits per heavy atom. The van der Waals surface area contributed by atoms with Crippen molar-refractivity contribution in [3.8, 4) is 0 Å². The number of benzene rings is 1. The molecule has 1 N–H and O–H groups in total. The summed E-state index contributed by atoms with van der Waals surface area (Å²) in [6.45, 7) is 4.23. The van der Waals surface area contributed by atoms with Crippen molar-refractivity contribution in [3.63, 3.8) is 0 Å². The van der Waals surface area contributed by atoms with Crippen LogP contribution in [-0.4, -0.2) is 59.8 Å². The van der Waals surface area contributed by atoms with E-state index in [1.807, 2.05) is 0 Å². The number of anilines is 1. The molecule has 0 spiro atoms. The summed E-state index contributed by atoms with van der Waals surface area (Å²) in [6, 6.07) is 9.62. The third kappa shape index (κ3) is 4.22. The molecule has 3 heterocycles. The fraction of sp³-hybridized carbons (Fsp3) is 0.474. The van der Waals surface area contributed by atoms with Gasteiger partial charge in [-0.3, -0.25) is 4.90 Å². The lowest BCUT2D eigenvalue weighted by Crippen LogP contribution is -2.43. The van der Waals surface area contributed by atoms with E-state index < -0.39 is 10.0 Å². The van der Waals surface area contributed by atoms with Gasteiger partial charge in [0.05, 0.1) is 17.6 Å². The Kier molecular flexibility index (Phi) is 5.96. The smallest absolute Gasteiger partial charge is 0.250 e. The van der Waals surface area contributed by atoms with E-state index in [9.17, 15) is 8.42 Å². The number of nitrogens with zero attached hydrogens (tertiary/aromatic N) is 2.